The van der Waals surface area contributed by atoms with Crippen molar-refractivity contribution in [1.29, 1.82) is 0 Å². The second-order valence-corrected chi connectivity index (χ2v) is 13.4. The Kier molecular flexibility index (Phi) is 5.19. The Bertz CT molecular complexity index is 897. The van der Waals surface area contributed by atoms with Crippen molar-refractivity contribution < 1.29 is 14.3 Å². The van der Waals surface area contributed by atoms with Crippen molar-refractivity contribution in [2.75, 3.05) is 0 Å². The first-order valence-electron chi connectivity index (χ1n) is 11.5. The number of rotatable bonds is 2. The Morgan fingerprint density at radius 3 is 1.68 bits per heavy atom. The molecule has 1 saturated heterocycles. The Labute approximate surface area is 189 Å². The summed E-state index contributed by atoms with van der Waals surface area (Å²) in [7, 11) is 0. The SMILES string of the molecule is CC(C)(C)OC(=O)[C@]12C(C(C)(C)C)=C(C(C)(C)C)[C@@]1(C(C)(C)C)OC2c1ccccc1. The highest BCUT2D eigenvalue weighted by Gasteiger charge is 2.87. The molecule has 0 aromatic heterocycles. The third-order valence-electron chi connectivity index (χ3n) is 6.62. The highest BCUT2D eigenvalue weighted by Crippen LogP contribution is 2.82. The van der Waals surface area contributed by atoms with E-state index in [0.29, 0.717) is 0 Å². The molecule has 0 radical (unpaired) electrons. The van der Waals surface area contributed by atoms with Crippen LogP contribution >= 0.6 is 0 Å². The Morgan fingerprint density at radius 1 is 0.806 bits per heavy atom. The van der Waals surface area contributed by atoms with E-state index in [2.05, 4.69) is 74.4 Å². The van der Waals surface area contributed by atoms with Crippen molar-refractivity contribution in [1.82, 2.24) is 0 Å². The number of hydrogen-bond acceptors (Lipinski definition) is 3. The molecule has 31 heavy (non-hydrogen) atoms. The first-order chi connectivity index (χ1) is 13.8. The van der Waals surface area contributed by atoms with Gasteiger partial charge in [0.15, 0.2) is 5.41 Å². The van der Waals surface area contributed by atoms with E-state index < -0.39 is 16.6 Å². The summed E-state index contributed by atoms with van der Waals surface area (Å²) in [6.07, 6.45) is -0.358. The maximum atomic E-state index is 14.3. The molecule has 3 nitrogen and oxygen atoms in total. The Morgan fingerprint density at radius 2 is 1.29 bits per heavy atom. The van der Waals surface area contributed by atoms with Gasteiger partial charge >= 0.3 is 5.97 Å². The third kappa shape index (κ3) is 3.22. The van der Waals surface area contributed by atoms with Crippen molar-refractivity contribution in [3.05, 3.63) is 47.0 Å². The Hall–Kier alpha value is -1.61. The molecule has 1 fully saturated rings. The van der Waals surface area contributed by atoms with Gasteiger partial charge in [-0.2, -0.15) is 0 Å². The van der Waals surface area contributed by atoms with E-state index in [1.165, 1.54) is 11.1 Å². The van der Waals surface area contributed by atoms with Gasteiger partial charge in [-0.3, -0.25) is 4.79 Å². The summed E-state index contributed by atoms with van der Waals surface area (Å²) in [6.45, 7) is 25.8. The van der Waals surface area contributed by atoms with Crippen molar-refractivity contribution in [2.24, 2.45) is 21.7 Å². The van der Waals surface area contributed by atoms with Gasteiger partial charge in [-0.15, -0.1) is 0 Å². The van der Waals surface area contributed by atoms with Crippen LogP contribution in [0.25, 0.3) is 0 Å². The molecule has 0 amide bonds. The summed E-state index contributed by atoms with van der Waals surface area (Å²) in [6, 6.07) is 10.2. The molecule has 0 saturated carbocycles. The molecule has 3 rings (SSSR count). The van der Waals surface area contributed by atoms with Crippen LogP contribution in [0.2, 0.25) is 0 Å². The lowest BCUT2D eigenvalue weighted by Gasteiger charge is -2.78. The molecule has 172 valence electrons. The number of carbonyl (C=O) groups is 1. The van der Waals surface area contributed by atoms with Gasteiger partial charge < -0.3 is 9.47 Å². The molecular formula is C28H42O3. The highest BCUT2D eigenvalue weighted by atomic mass is 16.6. The van der Waals surface area contributed by atoms with E-state index in [1.54, 1.807) is 0 Å². The summed E-state index contributed by atoms with van der Waals surface area (Å²) in [5.74, 6) is -0.159. The molecule has 0 spiro atoms. The number of benzene rings is 1. The molecule has 3 heteroatoms. The smallest absolute Gasteiger partial charge is 0.323 e. The minimum absolute atomic E-state index is 0.136. The fraction of sp³-hybridized carbons (Fsp3) is 0.679. The average molecular weight is 427 g/mol. The first kappa shape index (κ1) is 24.0. The molecule has 0 bridgehead atoms. The quantitative estimate of drug-likeness (QED) is 0.368. The fourth-order valence-electron chi connectivity index (χ4n) is 6.03. The predicted octanol–water partition coefficient (Wildman–Crippen LogP) is 7.27. The molecule has 0 N–H and O–H groups in total. The van der Waals surface area contributed by atoms with Crippen LogP contribution in [0.1, 0.15) is 94.8 Å². The summed E-state index contributed by atoms with van der Waals surface area (Å²) in [5.41, 5.74) is 0.732. The second kappa shape index (κ2) is 6.70. The largest absolute Gasteiger partial charge is 0.459 e. The van der Waals surface area contributed by atoms with E-state index in [9.17, 15) is 4.79 Å². The molecular weight excluding hydrogens is 384 g/mol. The molecule has 2 aliphatic rings. The van der Waals surface area contributed by atoms with Gasteiger partial charge in [0.1, 0.15) is 17.3 Å². The molecule has 3 atom stereocenters. The topological polar surface area (TPSA) is 35.5 Å². The first-order valence-corrected chi connectivity index (χ1v) is 11.5. The van der Waals surface area contributed by atoms with Gasteiger partial charge in [0.2, 0.25) is 0 Å². The third-order valence-corrected chi connectivity index (χ3v) is 6.62. The van der Waals surface area contributed by atoms with Gasteiger partial charge in [0, 0.05) is 0 Å². The van der Waals surface area contributed by atoms with Crippen molar-refractivity contribution >= 4 is 5.97 Å². The zero-order valence-corrected chi connectivity index (χ0v) is 21.7. The van der Waals surface area contributed by atoms with Gasteiger partial charge in [0.05, 0.1) is 0 Å². The van der Waals surface area contributed by atoms with Crippen LogP contribution in [0.4, 0.5) is 0 Å². The lowest BCUT2D eigenvalue weighted by atomic mass is 9.34. The van der Waals surface area contributed by atoms with E-state index in [1.807, 2.05) is 39.0 Å². The lowest BCUT2D eigenvalue weighted by molar-refractivity contribution is -0.354. The molecule has 1 aliphatic heterocycles. The minimum Gasteiger partial charge on any atom is -0.459 e. The highest BCUT2D eigenvalue weighted by molar-refractivity contribution is 5.92. The second-order valence-electron chi connectivity index (χ2n) is 13.4. The van der Waals surface area contributed by atoms with Gasteiger partial charge in [-0.05, 0) is 53.7 Å². The zero-order chi connectivity index (χ0) is 23.8. The Balaban J connectivity index is 2.41. The molecule has 1 aliphatic carbocycles. The van der Waals surface area contributed by atoms with E-state index in [-0.39, 0.29) is 28.3 Å². The monoisotopic (exact) mass is 426 g/mol. The number of fused-ring (bicyclic) bond motifs is 1. The van der Waals surface area contributed by atoms with Crippen LogP contribution in [0.15, 0.2) is 41.5 Å². The van der Waals surface area contributed by atoms with E-state index in [0.717, 1.165) is 5.56 Å². The van der Waals surface area contributed by atoms with Crippen LogP contribution in [0.3, 0.4) is 0 Å². The van der Waals surface area contributed by atoms with Gasteiger partial charge in [0.25, 0.3) is 0 Å². The average Bonchev–Trinajstić information content (AvgIpc) is 2.51. The summed E-state index contributed by atoms with van der Waals surface area (Å²) < 4.78 is 13.1. The predicted molar refractivity (Wildman–Crippen MR) is 127 cm³/mol. The number of carbonyl (C=O) groups excluding carboxylic acids is 1. The van der Waals surface area contributed by atoms with Crippen LogP contribution in [-0.2, 0) is 14.3 Å². The molecule has 1 unspecified atom stereocenters. The maximum Gasteiger partial charge on any atom is 0.323 e. The van der Waals surface area contributed by atoms with Crippen molar-refractivity contribution in [2.45, 2.75) is 100 Å². The summed E-state index contributed by atoms with van der Waals surface area (Å²) in [5, 5.41) is 0. The normalized spacial score (nSPS) is 29.1. The van der Waals surface area contributed by atoms with Crippen LogP contribution in [0, 0.1) is 21.7 Å². The van der Waals surface area contributed by atoms with Crippen LogP contribution in [0.5, 0.6) is 0 Å². The zero-order valence-electron chi connectivity index (χ0n) is 21.7. The molecule has 1 heterocycles. The van der Waals surface area contributed by atoms with Crippen LogP contribution in [-0.4, -0.2) is 17.2 Å². The molecule has 1 aromatic rings. The number of ether oxygens (including phenoxy) is 2. The van der Waals surface area contributed by atoms with Gasteiger partial charge in [-0.1, -0.05) is 92.6 Å². The summed E-state index contributed by atoms with van der Waals surface area (Å²) >= 11 is 0. The minimum atomic E-state index is -0.846. The van der Waals surface area contributed by atoms with Crippen molar-refractivity contribution in [3.8, 4) is 0 Å². The summed E-state index contributed by atoms with van der Waals surface area (Å²) in [4.78, 5) is 14.3. The molecule has 1 aromatic carbocycles. The lowest BCUT2D eigenvalue weighted by Crippen LogP contribution is -2.83. The van der Waals surface area contributed by atoms with Crippen molar-refractivity contribution in [3.63, 3.8) is 0 Å². The fourth-order valence-corrected chi connectivity index (χ4v) is 6.03. The number of hydrogen-bond donors (Lipinski definition) is 0. The van der Waals surface area contributed by atoms with Crippen LogP contribution < -0.4 is 0 Å². The maximum absolute atomic E-state index is 14.3. The standard InChI is InChI=1S/C28H42O3/c1-23(2,3)19-20(24(4,5)6)28(25(7,8)9)27(19,22(29)31-26(10,11)12)21(30-28)18-16-14-13-15-17-18/h13-17,21H,1-12H3/t21?,27-,28+/m1/s1. The number of esters is 1. The van der Waals surface area contributed by atoms with E-state index in [4.69, 9.17) is 9.47 Å². The van der Waals surface area contributed by atoms with Gasteiger partial charge in [-0.25, -0.2) is 0 Å². The van der Waals surface area contributed by atoms with E-state index >= 15 is 0 Å².